The molecule has 0 bridgehead atoms. The second kappa shape index (κ2) is 3.75. The summed E-state index contributed by atoms with van der Waals surface area (Å²) >= 11 is 1.11. The van der Waals surface area contributed by atoms with Crippen LogP contribution in [0.15, 0.2) is 40.6 Å². The molecular formula is C10H8FNOS. The number of nitrogens with zero attached hydrogens (tertiary/aromatic N) is 1. The van der Waals surface area contributed by atoms with Gasteiger partial charge in [0.2, 0.25) is 0 Å². The number of hydrogen-bond donors (Lipinski definition) is 0. The second-order valence-electron chi connectivity index (χ2n) is 2.89. The van der Waals surface area contributed by atoms with Gasteiger partial charge in [-0.25, -0.2) is 4.39 Å². The van der Waals surface area contributed by atoms with Crippen LogP contribution >= 0.6 is 11.3 Å². The molecule has 0 fully saturated rings. The quantitative estimate of drug-likeness (QED) is 0.742. The van der Waals surface area contributed by atoms with E-state index < -0.39 is 0 Å². The normalized spacial score (nSPS) is 10.4. The lowest BCUT2D eigenvalue weighted by molar-refractivity contribution is 0.598. The van der Waals surface area contributed by atoms with Crippen LogP contribution in [0.1, 0.15) is 5.56 Å². The van der Waals surface area contributed by atoms with Gasteiger partial charge in [0.25, 0.3) is 0 Å². The first-order chi connectivity index (χ1) is 6.77. The van der Waals surface area contributed by atoms with Gasteiger partial charge in [0, 0.05) is 17.1 Å². The van der Waals surface area contributed by atoms with Crippen molar-refractivity contribution in [2.24, 2.45) is 0 Å². The Bertz CT molecular complexity index is 489. The van der Waals surface area contributed by atoms with Gasteiger partial charge in [0.15, 0.2) is 0 Å². The van der Waals surface area contributed by atoms with E-state index in [0.29, 0.717) is 12.1 Å². The highest BCUT2D eigenvalue weighted by Crippen LogP contribution is 2.07. The van der Waals surface area contributed by atoms with Gasteiger partial charge in [-0.15, -0.1) is 0 Å². The standard InChI is InChI=1S/C10H8FNOS/c11-9-4-2-1-3-8(9)7-12-5-6-14-10(12)13/h1-6H,7H2. The zero-order valence-electron chi connectivity index (χ0n) is 7.31. The van der Waals surface area contributed by atoms with E-state index in [9.17, 15) is 9.18 Å². The SMILES string of the molecule is O=c1sccn1Cc1ccccc1F. The Morgan fingerprint density at radius 2 is 2.14 bits per heavy atom. The topological polar surface area (TPSA) is 22.0 Å². The Hall–Kier alpha value is -1.42. The van der Waals surface area contributed by atoms with Gasteiger partial charge in [-0.2, -0.15) is 0 Å². The first-order valence-corrected chi connectivity index (χ1v) is 5.02. The fourth-order valence-corrected chi connectivity index (χ4v) is 1.80. The lowest BCUT2D eigenvalue weighted by Gasteiger charge is -2.02. The molecule has 0 saturated carbocycles. The lowest BCUT2D eigenvalue weighted by atomic mass is 10.2. The Labute approximate surface area is 84.3 Å². The van der Waals surface area contributed by atoms with Crippen molar-refractivity contribution in [3.8, 4) is 0 Å². The van der Waals surface area contributed by atoms with Gasteiger partial charge < -0.3 is 4.57 Å². The number of halogens is 1. The third kappa shape index (κ3) is 1.75. The van der Waals surface area contributed by atoms with Crippen molar-refractivity contribution >= 4 is 11.3 Å². The van der Waals surface area contributed by atoms with E-state index >= 15 is 0 Å². The molecule has 72 valence electrons. The monoisotopic (exact) mass is 209 g/mol. The van der Waals surface area contributed by atoms with Crippen molar-refractivity contribution in [3.63, 3.8) is 0 Å². The minimum Gasteiger partial charge on any atom is -0.301 e. The second-order valence-corrected chi connectivity index (χ2v) is 3.75. The molecule has 0 radical (unpaired) electrons. The smallest absolute Gasteiger partial charge is 0.301 e. The molecule has 0 atom stereocenters. The predicted octanol–water partition coefficient (Wildman–Crippen LogP) is 2.10. The summed E-state index contributed by atoms with van der Waals surface area (Å²) in [5, 5.41) is 1.70. The fraction of sp³-hybridized carbons (Fsp3) is 0.100. The number of aromatic nitrogens is 1. The summed E-state index contributed by atoms with van der Waals surface area (Å²) in [6.07, 6.45) is 1.67. The molecule has 1 heterocycles. The van der Waals surface area contributed by atoms with Gasteiger partial charge in [-0.1, -0.05) is 29.5 Å². The van der Waals surface area contributed by atoms with Crippen LogP contribution in [-0.4, -0.2) is 4.57 Å². The van der Waals surface area contributed by atoms with Crippen molar-refractivity contribution in [1.29, 1.82) is 0 Å². The Morgan fingerprint density at radius 1 is 1.36 bits per heavy atom. The van der Waals surface area contributed by atoms with Crippen molar-refractivity contribution in [2.75, 3.05) is 0 Å². The van der Waals surface area contributed by atoms with Crippen LogP contribution in [0, 0.1) is 5.82 Å². The Balaban J connectivity index is 2.32. The number of thiazole rings is 1. The van der Waals surface area contributed by atoms with E-state index in [4.69, 9.17) is 0 Å². The average Bonchev–Trinajstić information content (AvgIpc) is 2.56. The molecule has 0 spiro atoms. The summed E-state index contributed by atoms with van der Waals surface area (Å²) < 4.78 is 14.7. The molecule has 0 aliphatic heterocycles. The Kier molecular flexibility index (Phi) is 2.45. The highest BCUT2D eigenvalue weighted by molar-refractivity contribution is 7.07. The van der Waals surface area contributed by atoms with Gasteiger partial charge in [-0.3, -0.25) is 4.79 Å². The molecule has 4 heteroatoms. The van der Waals surface area contributed by atoms with E-state index in [1.54, 1.807) is 29.8 Å². The largest absolute Gasteiger partial charge is 0.307 e. The first kappa shape index (κ1) is 9.15. The van der Waals surface area contributed by atoms with Crippen LogP contribution in [0.5, 0.6) is 0 Å². The van der Waals surface area contributed by atoms with E-state index in [0.717, 1.165) is 11.3 Å². The Morgan fingerprint density at radius 3 is 2.79 bits per heavy atom. The predicted molar refractivity (Wildman–Crippen MR) is 54.1 cm³/mol. The molecular weight excluding hydrogens is 201 g/mol. The van der Waals surface area contributed by atoms with Crippen molar-refractivity contribution in [3.05, 3.63) is 56.9 Å². The maximum atomic E-state index is 13.2. The molecule has 0 saturated heterocycles. The maximum absolute atomic E-state index is 13.2. The number of hydrogen-bond acceptors (Lipinski definition) is 2. The molecule has 14 heavy (non-hydrogen) atoms. The van der Waals surface area contributed by atoms with E-state index in [-0.39, 0.29) is 10.7 Å². The molecule has 2 rings (SSSR count). The number of rotatable bonds is 2. The van der Waals surface area contributed by atoms with Crippen molar-refractivity contribution in [1.82, 2.24) is 4.57 Å². The zero-order valence-corrected chi connectivity index (χ0v) is 8.13. The third-order valence-corrected chi connectivity index (χ3v) is 2.64. The van der Waals surface area contributed by atoms with Crippen LogP contribution in [0.3, 0.4) is 0 Å². The minimum atomic E-state index is -0.273. The first-order valence-electron chi connectivity index (χ1n) is 4.15. The van der Waals surface area contributed by atoms with E-state index in [1.165, 1.54) is 10.6 Å². The molecule has 1 aromatic heterocycles. The van der Waals surface area contributed by atoms with E-state index in [1.807, 2.05) is 0 Å². The van der Waals surface area contributed by atoms with Gasteiger partial charge in [0.1, 0.15) is 5.82 Å². The minimum absolute atomic E-state index is 0.0618. The summed E-state index contributed by atoms with van der Waals surface area (Å²) in [7, 11) is 0. The van der Waals surface area contributed by atoms with Crippen molar-refractivity contribution < 1.29 is 4.39 Å². The summed E-state index contributed by atoms with van der Waals surface area (Å²) in [4.78, 5) is 11.1. The maximum Gasteiger partial charge on any atom is 0.307 e. The van der Waals surface area contributed by atoms with Crippen LogP contribution in [0.25, 0.3) is 0 Å². The van der Waals surface area contributed by atoms with Gasteiger partial charge in [-0.05, 0) is 6.07 Å². The molecule has 0 unspecified atom stereocenters. The van der Waals surface area contributed by atoms with Crippen LogP contribution in [0.2, 0.25) is 0 Å². The summed E-state index contributed by atoms with van der Waals surface area (Å²) in [5.41, 5.74) is 0.535. The molecule has 0 aliphatic carbocycles. The van der Waals surface area contributed by atoms with Crippen LogP contribution in [-0.2, 0) is 6.54 Å². The molecule has 0 N–H and O–H groups in total. The molecule has 0 amide bonds. The molecule has 1 aromatic carbocycles. The number of benzene rings is 1. The highest BCUT2D eigenvalue weighted by atomic mass is 32.1. The lowest BCUT2D eigenvalue weighted by Crippen LogP contribution is -2.13. The van der Waals surface area contributed by atoms with Crippen LogP contribution in [0.4, 0.5) is 4.39 Å². The highest BCUT2D eigenvalue weighted by Gasteiger charge is 2.02. The van der Waals surface area contributed by atoms with Crippen molar-refractivity contribution in [2.45, 2.75) is 6.54 Å². The van der Waals surface area contributed by atoms with Crippen LogP contribution < -0.4 is 4.87 Å². The molecule has 2 nitrogen and oxygen atoms in total. The fourth-order valence-electron chi connectivity index (χ4n) is 1.22. The average molecular weight is 209 g/mol. The summed E-state index contributed by atoms with van der Waals surface area (Å²) in [6.45, 7) is 0.301. The molecule has 2 aromatic rings. The summed E-state index contributed by atoms with van der Waals surface area (Å²) in [5.74, 6) is -0.273. The van der Waals surface area contributed by atoms with Gasteiger partial charge >= 0.3 is 4.87 Å². The zero-order chi connectivity index (χ0) is 9.97. The third-order valence-electron chi connectivity index (χ3n) is 1.94. The van der Waals surface area contributed by atoms with Gasteiger partial charge in [0.05, 0.1) is 6.54 Å². The summed E-state index contributed by atoms with van der Waals surface area (Å²) in [6, 6.07) is 6.47. The van der Waals surface area contributed by atoms with E-state index in [2.05, 4.69) is 0 Å². The molecule has 0 aliphatic rings.